The molecule has 1 aromatic carbocycles. The Bertz CT molecular complexity index is 691. The number of guanidine groups is 1. The average Bonchev–Trinajstić information content (AvgIpc) is 3.16. The van der Waals surface area contributed by atoms with E-state index in [1.807, 2.05) is 42.6 Å². The number of likely N-dealkylation sites (tertiary alicyclic amines) is 1. The molecule has 4 nitrogen and oxygen atoms in total. The van der Waals surface area contributed by atoms with Crippen molar-refractivity contribution in [1.82, 2.24) is 15.5 Å². The summed E-state index contributed by atoms with van der Waals surface area (Å²) in [7, 11) is 1.82. The zero-order chi connectivity index (χ0) is 18.2. The highest BCUT2D eigenvalue weighted by Gasteiger charge is 2.20. The van der Waals surface area contributed by atoms with Crippen LogP contribution in [0, 0.1) is 5.92 Å². The van der Waals surface area contributed by atoms with Crippen molar-refractivity contribution in [3.05, 3.63) is 57.2 Å². The van der Waals surface area contributed by atoms with Crippen LogP contribution in [0.3, 0.4) is 0 Å². The summed E-state index contributed by atoms with van der Waals surface area (Å²) in [6.45, 7) is 5.14. The summed E-state index contributed by atoms with van der Waals surface area (Å²) in [5.41, 5.74) is 1.19. The van der Waals surface area contributed by atoms with Crippen molar-refractivity contribution in [1.29, 1.82) is 0 Å². The van der Waals surface area contributed by atoms with Crippen LogP contribution in [0.1, 0.15) is 23.3 Å². The lowest BCUT2D eigenvalue weighted by Crippen LogP contribution is -2.44. The van der Waals surface area contributed by atoms with E-state index in [1.165, 1.54) is 29.8 Å². The topological polar surface area (TPSA) is 39.7 Å². The maximum absolute atomic E-state index is 5.93. The van der Waals surface area contributed by atoms with Crippen LogP contribution in [0.5, 0.6) is 0 Å². The molecule has 1 saturated heterocycles. The molecule has 1 unspecified atom stereocenters. The van der Waals surface area contributed by atoms with Crippen LogP contribution >= 0.6 is 46.9 Å². The average molecular weight is 519 g/mol. The second kappa shape index (κ2) is 11.9. The zero-order valence-corrected chi connectivity index (χ0v) is 19.6. The molecule has 0 spiro atoms. The molecular weight excluding hydrogens is 491 g/mol. The van der Waals surface area contributed by atoms with E-state index in [0.717, 1.165) is 37.2 Å². The quantitative estimate of drug-likeness (QED) is 0.334. The predicted octanol–water partition coefficient (Wildman–Crippen LogP) is 4.60. The first-order chi connectivity index (χ1) is 12.7. The first-order valence-electron chi connectivity index (χ1n) is 9.16. The van der Waals surface area contributed by atoms with Gasteiger partial charge in [0.2, 0.25) is 0 Å². The Morgan fingerprint density at radius 3 is 2.78 bits per heavy atom. The summed E-state index contributed by atoms with van der Waals surface area (Å²) in [6.07, 6.45) is 2.55. The number of nitrogens with one attached hydrogen (secondary N) is 2. The third-order valence-electron chi connectivity index (χ3n) is 4.72. The van der Waals surface area contributed by atoms with Gasteiger partial charge in [-0.3, -0.25) is 9.89 Å². The number of aliphatic imine (C=N–C) groups is 1. The monoisotopic (exact) mass is 518 g/mol. The first-order valence-corrected chi connectivity index (χ1v) is 10.4. The summed E-state index contributed by atoms with van der Waals surface area (Å²) in [5.74, 6) is 1.52. The molecule has 2 N–H and O–H groups in total. The summed E-state index contributed by atoms with van der Waals surface area (Å²) in [4.78, 5) is 8.37. The summed E-state index contributed by atoms with van der Waals surface area (Å²) in [5, 5.41) is 9.79. The van der Waals surface area contributed by atoms with Crippen molar-refractivity contribution < 1.29 is 0 Å². The smallest absolute Gasteiger partial charge is 0.191 e. The van der Waals surface area contributed by atoms with Crippen LogP contribution in [0.25, 0.3) is 0 Å². The highest BCUT2D eigenvalue weighted by molar-refractivity contribution is 14.0. The van der Waals surface area contributed by atoms with E-state index in [0.29, 0.717) is 5.92 Å². The van der Waals surface area contributed by atoms with Gasteiger partial charge in [-0.15, -0.1) is 35.3 Å². The Morgan fingerprint density at radius 2 is 2.07 bits per heavy atom. The van der Waals surface area contributed by atoms with Crippen LogP contribution in [0.4, 0.5) is 0 Å². The van der Waals surface area contributed by atoms with Gasteiger partial charge in [0.25, 0.3) is 0 Å². The van der Waals surface area contributed by atoms with Gasteiger partial charge >= 0.3 is 0 Å². The number of thiophene rings is 1. The maximum Gasteiger partial charge on any atom is 0.191 e. The van der Waals surface area contributed by atoms with E-state index in [4.69, 9.17) is 11.6 Å². The summed E-state index contributed by atoms with van der Waals surface area (Å²) >= 11 is 7.78. The molecule has 0 saturated carbocycles. The van der Waals surface area contributed by atoms with Crippen molar-refractivity contribution in [2.45, 2.75) is 25.9 Å². The molecule has 7 heteroatoms. The Hall–Kier alpha value is -0.830. The zero-order valence-electron chi connectivity index (χ0n) is 15.7. The fourth-order valence-electron chi connectivity index (χ4n) is 3.33. The highest BCUT2D eigenvalue weighted by Crippen LogP contribution is 2.20. The number of hydrogen-bond acceptors (Lipinski definition) is 3. The lowest BCUT2D eigenvalue weighted by atomic mass is 9.98. The van der Waals surface area contributed by atoms with Crippen molar-refractivity contribution in [3.63, 3.8) is 0 Å². The van der Waals surface area contributed by atoms with Gasteiger partial charge in [-0.25, -0.2) is 0 Å². The van der Waals surface area contributed by atoms with Crippen molar-refractivity contribution in [2.24, 2.45) is 10.9 Å². The first kappa shape index (κ1) is 22.5. The number of hydrogen-bond donors (Lipinski definition) is 2. The molecular formula is C20H28ClIN4S. The summed E-state index contributed by atoms with van der Waals surface area (Å²) in [6, 6.07) is 12.3. The van der Waals surface area contributed by atoms with Gasteiger partial charge in [0.05, 0.1) is 0 Å². The Morgan fingerprint density at radius 1 is 1.26 bits per heavy atom. The fourth-order valence-corrected chi connectivity index (χ4v) is 4.21. The fraction of sp³-hybridized carbons (Fsp3) is 0.450. The standard InChI is InChI=1S/C20H27ClN4S.HI/c1-22-20(23-12-16-6-8-18(21)9-7-16)24-13-17-4-2-10-25(14-17)15-19-5-3-11-26-19;/h3,5-9,11,17H,2,4,10,12-15H2,1H3,(H2,22,23,24);1H. The Kier molecular flexibility index (Phi) is 9.89. The molecule has 1 fully saturated rings. The minimum absolute atomic E-state index is 0. The predicted molar refractivity (Wildman–Crippen MR) is 127 cm³/mol. The third-order valence-corrected chi connectivity index (χ3v) is 5.83. The van der Waals surface area contributed by atoms with Crippen molar-refractivity contribution >= 4 is 52.9 Å². The van der Waals surface area contributed by atoms with Crippen LogP contribution in [-0.2, 0) is 13.1 Å². The highest BCUT2D eigenvalue weighted by atomic mass is 127. The van der Waals surface area contributed by atoms with E-state index < -0.39 is 0 Å². The number of nitrogens with zero attached hydrogens (tertiary/aromatic N) is 2. The minimum atomic E-state index is 0. The number of halogens is 2. The van der Waals surface area contributed by atoms with Gasteiger partial charge in [-0.1, -0.05) is 29.8 Å². The SMILES string of the molecule is CN=C(NCc1ccc(Cl)cc1)NCC1CCCN(Cc2cccs2)C1.I. The molecule has 1 aliphatic rings. The van der Waals surface area contributed by atoms with Crippen molar-refractivity contribution in [3.8, 4) is 0 Å². The Balaban J connectivity index is 0.00000261. The van der Waals surface area contributed by atoms with Crippen LogP contribution < -0.4 is 10.6 Å². The molecule has 2 aromatic rings. The Labute approximate surface area is 188 Å². The normalized spacial score (nSPS) is 18.0. The molecule has 2 heterocycles. The molecule has 3 rings (SSSR count). The van der Waals surface area contributed by atoms with Gasteiger partial charge in [0.1, 0.15) is 0 Å². The van der Waals surface area contributed by atoms with E-state index in [1.54, 1.807) is 0 Å². The van der Waals surface area contributed by atoms with Gasteiger partial charge in [0, 0.05) is 43.1 Å². The largest absolute Gasteiger partial charge is 0.356 e. The van der Waals surface area contributed by atoms with E-state index in [9.17, 15) is 0 Å². The second-order valence-corrected chi connectivity index (χ2v) is 8.22. The molecule has 1 aromatic heterocycles. The second-order valence-electron chi connectivity index (χ2n) is 6.76. The molecule has 0 aliphatic carbocycles. The van der Waals surface area contributed by atoms with Gasteiger partial charge in [0.15, 0.2) is 5.96 Å². The minimum Gasteiger partial charge on any atom is -0.356 e. The number of rotatable bonds is 6. The molecule has 1 atom stereocenters. The molecule has 27 heavy (non-hydrogen) atoms. The molecule has 148 valence electrons. The maximum atomic E-state index is 5.93. The van der Waals surface area contributed by atoms with Gasteiger partial charge in [-0.2, -0.15) is 0 Å². The molecule has 0 radical (unpaired) electrons. The lowest BCUT2D eigenvalue weighted by molar-refractivity contribution is 0.169. The van der Waals surface area contributed by atoms with E-state index >= 15 is 0 Å². The van der Waals surface area contributed by atoms with Gasteiger partial charge < -0.3 is 10.6 Å². The third kappa shape index (κ3) is 7.60. The van der Waals surface area contributed by atoms with Gasteiger partial charge in [-0.05, 0) is 54.4 Å². The number of benzene rings is 1. The lowest BCUT2D eigenvalue weighted by Gasteiger charge is -2.32. The van der Waals surface area contributed by atoms with Crippen LogP contribution in [0.15, 0.2) is 46.8 Å². The number of piperidine rings is 1. The molecule has 1 aliphatic heterocycles. The van der Waals surface area contributed by atoms with Crippen LogP contribution in [0.2, 0.25) is 5.02 Å². The molecule has 0 bridgehead atoms. The van der Waals surface area contributed by atoms with Crippen molar-refractivity contribution in [2.75, 3.05) is 26.7 Å². The summed E-state index contributed by atoms with van der Waals surface area (Å²) < 4.78 is 0. The molecule has 0 amide bonds. The van der Waals surface area contributed by atoms with E-state index in [-0.39, 0.29) is 24.0 Å². The van der Waals surface area contributed by atoms with E-state index in [2.05, 4.69) is 38.0 Å². The van der Waals surface area contributed by atoms with Crippen LogP contribution in [-0.4, -0.2) is 37.5 Å².